The first-order valence-corrected chi connectivity index (χ1v) is 9.55. The van der Waals surface area contributed by atoms with Gasteiger partial charge in [0.2, 0.25) is 0 Å². The Morgan fingerprint density at radius 2 is 1.93 bits per heavy atom. The Kier molecular flexibility index (Phi) is 6.57. The SMILES string of the molecule is COc1ccccc1COc1ccc(Nc2ncnc3cscc23)cc1Cl.Cl. The van der Waals surface area contributed by atoms with E-state index >= 15 is 0 Å². The van der Waals surface area contributed by atoms with Gasteiger partial charge in [-0.2, -0.15) is 0 Å². The number of ether oxygens (including phenoxy) is 2. The van der Waals surface area contributed by atoms with E-state index in [1.54, 1.807) is 24.8 Å². The van der Waals surface area contributed by atoms with E-state index in [2.05, 4.69) is 15.3 Å². The van der Waals surface area contributed by atoms with E-state index in [9.17, 15) is 0 Å². The van der Waals surface area contributed by atoms with Crippen molar-refractivity contribution < 1.29 is 9.47 Å². The van der Waals surface area contributed by atoms with Crippen molar-refractivity contribution in [2.45, 2.75) is 6.61 Å². The lowest BCUT2D eigenvalue weighted by Gasteiger charge is -2.12. The molecule has 0 bridgehead atoms. The second kappa shape index (κ2) is 9.10. The zero-order valence-electron chi connectivity index (χ0n) is 14.9. The second-order valence-corrected chi connectivity index (χ2v) is 6.91. The summed E-state index contributed by atoms with van der Waals surface area (Å²) in [6.45, 7) is 0.373. The zero-order chi connectivity index (χ0) is 18.6. The third kappa shape index (κ3) is 4.30. The monoisotopic (exact) mass is 433 g/mol. The van der Waals surface area contributed by atoms with Gasteiger partial charge in [-0.05, 0) is 24.3 Å². The fourth-order valence-corrected chi connectivity index (χ4v) is 3.68. The van der Waals surface area contributed by atoms with Crippen LogP contribution in [0.15, 0.2) is 59.6 Å². The van der Waals surface area contributed by atoms with E-state index < -0.39 is 0 Å². The molecule has 0 aliphatic rings. The van der Waals surface area contributed by atoms with Crippen molar-refractivity contribution in [3.05, 3.63) is 70.1 Å². The topological polar surface area (TPSA) is 56.3 Å². The molecule has 0 unspecified atom stereocenters. The molecular weight excluding hydrogens is 417 g/mol. The highest BCUT2D eigenvalue weighted by Crippen LogP contribution is 2.32. The first-order chi connectivity index (χ1) is 13.2. The minimum atomic E-state index is 0. The lowest BCUT2D eigenvalue weighted by Crippen LogP contribution is -1.99. The van der Waals surface area contributed by atoms with Crippen molar-refractivity contribution in [1.82, 2.24) is 9.97 Å². The molecule has 0 radical (unpaired) electrons. The Hall–Kier alpha value is -2.54. The van der Waals surface area contributed by atoms with Gasteiger partial charge in [-0.1, -0.05) is 29.8 Å². The number of nitrogens with one attached hydrogen (secondary N) is 1. The van der Waals surface area contributed by atoms with Crippen molar-refractivity contribution in [2.24, 2.45) is 0 Å². The van der Waals surface area contributed by atoms with Crippen molar-refractivity contribution in [1.29, 1.82) is 0 Å². The van der Waals surface area contributed by atoms with Gasteiger partial charge >= 0.3 is 0 Å². The summed E-state index contributed by atoms with van der Waals surface area (Å²) in [6, 6.07) is 13.3. The summed E-state index contributed by atoms with van der Waals surface area (Å²) < 4.78 is 11.2. The maximum atomic E-state index is 6.41. The molecule has 2 aromatic heterocycles. The lowest BCUT2D eigenvalue weighted by atomic mass is 10.2. The van der Waals surface area contributed by atoms with E-state index in [0.29, 0.717) is 17.4 Å². The van der Waals surface area contributed by atoms with Crippen molar-refractivity contribution >= 4 is 57.8 Å². The number of hydrogen-bond acceptors (Lipinski definition) is 6. The predicted octanol–water partition coefficient (Wildman–Crippen LogP) is 6.10. The average Bonchev–Trinajstić information content (AvgIpc) is 3.17. The molecule has 0 saturated carbocycles. The lowest BCUT2D eigenvalue weighted by molar-refractivity contribution is 0.297. The maximum Gasteiger partial charge on any atom is 0.142 e. The minimum absolute atomic E-state index is 0. The molecule has 0 aliphatic carbocycles. The molecule has 0 amide bonds. The third-order valence-corrected chi connectivity index (χ3v) is 5.08. The summed E-state index contributed by atoms with van der Waals surface area (Å²) >= 11 is 8.00. The van der Waals surface area contributed by atoms with Gasteiger partial charge in [0, 0.05) is 22.0 Å². The van der Waals surface area contributed by atoms with E-state index in [1.807, 2.05) is 53.2 Å². The van der Waals surface area contributed by atoms with Crippen molar-refractivity contribution in [3.8, 4) is 11.5 Å². The van der Waals surface area contributed by atoms with Crippen LogP contribution in [0, 0.1) is 0 Å². The Balaban J connectivity index is 0.00000225. The van der Waals surface area contributed by atoms with Gasteiger partial charge in [0.05, 0.1) is 23.0 Å². The molecule has 0 fully saturated rings. The van der Waals surface area contributed by atoms with Crippen LogP contribution in [0.3, 0.4) is 0 Å². The minimum Gasteiger partial charge on any atom is -0.496 e. The molecule has 0 spiro atoms. The van der Waals surface area contributed by atoms with Crippen LogP contribution in [0.2, 0.25) is 5.02 Å². The summed E-state index contributed by atoms with van der Waals surface area (Å²) in [4.78, 5) is 8.56. The smallest absolute Gasteiger partial charge is 0.142 e. The largest absolute Gasteiger partial charge is 0.496 e. The Labute approximate surface area is 177 Å². The molecule has 28 heavy (non-hydrogen) atoms. The van der Waals surface area contributed by atoms with E-state index in [-0.39, 0.29) is 12.4 Å². The summed E-state index contributed by atoms with van der Waals surface area (Å²) in [7, 11) is 1.64. The quantitative estimate of drug-likeness (QED) is 0.398. The molecule has 5 nitrogen and oxygen atoms in total. The fourth-order valence-electron chi connectivity index (χ4n) is 2.70. The van der Waals surface area contributed by atoms with Crippen LogP contribution in [0.4, 0.5) is 11.5 Å². The maximum absolute atomic E-state index is 6.41. The number of thiophene rings is 1. The highest BCUT2D eigenvalue weighted by Gasteiger charge is 2.09. The van der Waals surface area contributed by atoms with Crippen LogP contribution in [0.25, 0.3) is 10.9 Å². The summed E-state index contributed by atoms with van der Waals surface area (Å²) in [5.74, 6) is 2.15. The second-order valence-electron chi connectivity index (χ2n) is 5.76. The molecule has 0 saturated heterocycles. The van der Waals surface area contributed by atoms with E-state index in [1.165, 1.54) is 0 Å². The standard InChI is InChI=1S/C20H16ClN3O2S.ClH/c1-25-18-5-3-2-4-13(18)9-26-19-7-6-14(8-16(19)21)24-20-15-10-27-11-17(15)22-12-23-20;/h2-8,10-12H,9H2,1H3,(H,22,23,24);1H. The number of methoxy groups -OCH3 is 1. The van der Waals surface area contributed by atoms with Crippen LogP contribution in [-0.4, -0.2) is 17.1 Å². The molecule has 4 aromatic rings. The normalized spacial score (nSPS) is 10.4. The van der Waals surface area contributed by atoms with Gasteiger partial charge in [-0.15, -0.1) is 23.7 Å². The average molecular weight is 434 g/mol. The Bertz CT molecular complexity index is 1090. The van der Waals surface area contributed by atoms with Gasteiger partial charge in [-0.3, -0.25) is 0 Å². The van der Waals surface area contributed by atoms with Crippen LogP contribution in [0.5, 0.6) is 11.5 Å². The number of para-hydroxylation sites is 1. The Morgan fingerprint density at radius 3 is 2.75 bits per heavy atom. The highest BCUT2D eigenvalue weighted by atomic mass is 35.5. The van der Waals surface area contributed by atoms with E-state index in [0.717, 1.165) is 33.7 Å². The van der Waals surface area contributed by atoms with Crippen LogP contribution in [0.1, 0.15) is 5.56 Å². The zero-order valence-corrected chi connectivity index (χ0v) is 17.3. The highest BCUT2D eigenvalue weighted by molar-refractivity contribution is 7.09. The molecule has 2 aromatic carbocycles. The fraction of sp³-hybridized carbons (Fsp3) is 0.100. The predicted molar refractivity (Wildman–Crippen MR) is 117 cm³/mol. The molecule has 4 rings (SSSR count). The Morgan fingerprint density at radius 1 is 1.07 bits per heavy atom. The molecule has 0 aliphatic heterocycles. The molecular formula is C20H17Cl2N3O2S. The number of rotatable bonds is 6. The van der Waals surface area contributed by atoms with Crippen molar-refractivity contribution in [3.63, 3.8) is 0 Å². The number of nitrogens with zero attached hydrogens (tertiary/aromatic N) is 2. The molecule has 144 valence electrons. The summed E-state index contributed by atoms with van der Waals surface area (Å²) in [5.41, 5.74) is 2.70. The number of aromatic nitrogens is 2. The van der Waals surface area contributed by atoms with Gasteiger partial charge in [-0.25, -0.2) is 9.97 Å². The number of halogens is 2. The van der Waals surface area contributed by atoms with Gasteiger partial charge in [0.15, 0.2) is 0 Å². The summed E-state index contributed by atoms with van der Waals surface area (Å²) in [5, 5.41) is 8.80. The van der Waals surface area contributed by atoms with Crippen LogP contribution >= 0.6 is 35.3 Å². The van der Waals surface area contributed by atoms with Gasteiger partial charge in [0.25, 0.3) is 0 Å². The molecule has 8 heteroatoms. The number of fused-ring (bicyclic) bond motifs is 1. The van der Waals surface area contributed by atoms with Gasteiger partial charge in [0.1, 0.15) is 30.3 Å². The molecule has 2 heterocycles. The summed E-state index contributed by atoms with van der Waals surface area (Å²) in [6.07, 6.45) is 1.55. The van der Waals surface area contributed by atoms with Crippen molar-refractivity contribution in [2.75, 3.05) is 12.4 Å². The van der Waals surface area contributed by atoms with E-state index in [4.69, 9.17) is 21.1 Å². The van der Waals surface area contributed by atoms with Crippen LogP contribution < -0.4 is 14.8 Å². The van der Waals surface area contributed by atoms with Gasteiger partial charge < -0.3 is 14.8 Å². The number of benzene rings is 2. The third-order valence-electron chi connectivity index (χ3n) is 4.05. The first-order valence-electron chi connectivity index (χ1n) is 8.23. The molecule has 1 N–H and O–H groups in total. The number of anilines is 2. The van der Waals surface area contributed by atoms with Crippen LogP contribution in [-0.2, 0) is 6.61 Å². The first kappa shape index (κ1) is 20.2. The number of hydrogen-bond donors (Lipinski definition) is 1. The molecule has 0 atom stereocenters.